The van der Waals surface area contributed by atoms with Crippen LogP contribution in [-0.4, -0.2) is 23.0 Å². The minimum atomic E-state index is -4.61. The number of carbonyl (C=O) groups is 1. The summed E-state index contributed by atoms with van der Waals surface area (Å²) in [4.78, 5) is 17.4. The van der Waals surface area contributed by atoms with Crippen LogP contribution in [0.3, 0.4) is 0 Å². The van der Waals surface area contributed by atoms with Crippen molar-refractivity contribution in [2.75, 3.05) is 7.11 Å². The van der Waals surface area contributed by atoms with Crippen LogP contribution in [0.5, 0.6) is 0 Å². The lowest BCUT2D eigenvalue weighted by Crippen LogP contribution is -2.13. The molecule has 1 rings (SSSR count). The van der Waals surface area contributed by atoms with E-state index >= 15 is 0 Å². The molecule has 0 bridgehead atoms. The molecule has 0 fully saturated rings. The Morgan fingerprint density at radius 2 is 2.13 bits per heavy atom. The molecule has 8 heteroatoms. The third-order valence-electron chi connectivity index (χ3n) is 1.39. The maximum Gasteiger partial charge on any atom is 0.436 e. The number of hydrogen-bond acceptors (Lipinski definition) is 4. The van der Waals surface area contributed by atoms with Crippen LogP contribution in [0.4, 0.5) is 13.2 Å². The van der Waals surface area contributed by atoms with E-state index < -0.39 is 22.4 Å². The van der Waals surface area contributed by atoms with Crippen LogP contribution in [-0.2, 0) is 10.9 Å². The van der Waals surface area contributed by atoms with E-state index in [1.54, 1.807) is 0 Å². The highest BCUT2D eigenvalue weighted by atomic mass is 79.9. The van der Waals surface area contributed by atoms with Gasteiger partial charge in [0, 0.05) is 0 Å². The van der Waals surface area contributed by atoms with Crippen molar-refractivity contribution in [2.45, 2.75) is 6.18 Å². The third-order valence-corrected chi connectivity index (χ3v) is 1.95. The average molecular weight is 285 g/mol. The lowest BCUT2D eigenvalue weighted by Gasteiger charge is -2.07. The fourth-order valence-corrected chi connectivity index (χ4v) is 1.28. The Morgan fingerprint density at radius 3 is 2.53 bits per heavy atom. The highest BCUT2D eigenvalue weighted by Crippen LogP contribution is 2.31. The van der Waals surface area contributed by atoms with Gasteiger partial charge in [-0.25, -0.2) is 14.8 Å². The highest BCUT2D eigenvalue weighted by molar-refractivity contribution is 9.10. The fraction of sp³-hybridized carbons (Fsp3) is 0.286. The topological polar surface area (TPSA) is 52.1 Å². The van der Waals surface area contributed by atoms with Crippen molar-refractivity contribution in [1.82, 2.24) is 9.97 Å². The normalized spacial score (nSPS) is 11.3. The number of carbonyl (C=O) groups excluding carboxylic acids is 1. The summed E-state index contributed by atoms with van der Waals surface area (Å²) in [6.07, 6.45) is -3.90. The van der Waals surface area contributed by atoms with Gasteiger partial charge in [0.15, 0.2) is 11.4 Å². The Hall–Kier alpha value is -1.18. The number of halogens is 4. The van der Waals surface area contributed by atoms with Crippen molar-refractivity contribution < 1.29 is 22.7 Å². The minimum Gasteiger partial charge on any atom is -0.464 e. The maximum absolute atomic E-state index is 12.2. The van der Waals surface area contributed by atoms with Crippen molar-refractivity contribution in [1.29, 1.82) is 0 Å². The monoisotopic (exact) mass is 284 g/mol. The molecule has 1 aromatic heterocycles. The Bertz CT molecular complexity index is 394. The molecule has 0 aromatic carbocycles. The molecule has 0 amide bonds. The largest absolute Gasteiger partial charge is 0.464 e. The first kappa shape index (κ1) is 11.9. The zero-order valence-electron chi connectivity index (χ0n) is 7.30. The van der Waals surface area contributed by atoms with Gasteiger partial charge in [0.05, 0.1) is 13.3 Å². The first-order valence-corrected chi connectivity index (χ1v) is 4.33. The van der Waals surface area contributed by atoms with E-state index in [9.17, 15) is 18.0 Å². The summed E-state index contributed by atoms with van der Waals surface area (Å²) in [5.74, 6) is -0.850. The molecule has 0 saturated carbocycles. The van der Waals surface area contributed by atoms with Gasteiger partial charge in [0.25, 0.3) is 0 Å². The summed E-state index contributed by atoms with van der Waals surface area (Å²) in [7, 11) is 1.09. The zero-order valence-corrected chi connectivity index (χ0v) is 8.89. The van der Waals surface area contributed by atoms with E-state index in [2.05, 4.69) is 30.6 Å². The lowest BCUT2D eigenvalue weighted by atomic mass is 10.4. The molecule has 0 atom stereocenters. The van der Waals surface area contributed by atoms with Gasteiger partial charge in [-0.15, -0.1) is 0 Å². The zero-order chi connectivity index (χ0) is 11.6. The number of aromatic nitrogens is 2. The minimum absolute atomic E-state index is 0.294. The summed E-state index contributed by atoms with van der Waals surface area (Å²) in [5.41, 5.74) is -1.48. The number of hydrogen-bond donors (Lipinski definition) is 0. The molecule has 82 valence electrons. The van der Waals surface area contributed by atoms with Gasteiger partial charge in [0.2, 0.25) is 0 Å². The number of rotatable bonds is 1. The van der Waals surface area contributed by atoms with Crippen LogP contribution in [0.2, 0.25) is 0 Å². The van der Waals surface area contributed by atoms with Crippen molar-refractivity contribution in [3.8, 4) is 0 Å². The Balaban J connectivity index is 3.15. The smallest absolute Gasteiger partial charge is 0.436 e. The standard InChI is InChI=1S/C7H4BrF3N2O2/c1-15-6(14)3-2-12-4(5(8)13-3)7(9,10)11/h2H,1H3. The maximum atomic E-state index is 12.2. The first-order valence-electron chi connectivity index (χ1n) is 3.54. The quantitative estimate of drug-likeness (QED) is 0.741. The van der Waals surface area contributed by atoms with Crippen LogP contribution < -0.4 is 0 Å². The molecule has 1 aromatic rings. The van der Waals surface area contributed by atoms with Gasteiger partial charge in [-0.1, -0.05) is 0 Å². The average Bonchev–Trinajstić information content (AvgIpc) is 2.14. The molecular weight excluding hydrogens is 281 g/mol. The van der Waals surface area contributed by atoms with Crippen LogP contribution in [0.1, 0.15) is 16.2 Å². The second-order valence-corrected chi connectivity index (χ2v) is 3.14. The van der Waals surface area contributed by atoms with Gasteiger partial charge >= 0.3 is 12.1 Å². The molecule has 0 spiro atoms. The molecule has 0 unspecified atom stereocenters. The molecule has 0 aliphatic rings. The Kier molecular flexibility index (Phi) is 3.28. The van der Waals surface area contributed by atoms with E-state index in [1.165, 1.54) is 0 Å². The lowest BCUT2D eigenvalue weighted by molar-refractivity contribution is -0.142. The summed E-state index contributed by atoms with van der Waals surface area (Å²) in [6, 6.07) is 0. The van der Waals surface area contributed by atoms with E-state index in [4.69, 9.17) is 0 Å². The van der Waals surface area contributed by atoms with Crippen molar-refractivity contribution in [3.05, 3.63) is 22.2 Å². The molecule has 4 nitrogen and oxygen atoms in total. The van der Waals surface area contributed by atoms with E-state index in [1.807, 2.05) is 0 Å². The summed E-state index contributed by atoms with van der Waals surface area (Å²) in [6.45, 7) is 0. The molecule has 0 aliphatic carbocycles. The summed E-state index contributed by atoms with van der Waals surface area (Å²) in [5, 5.41) is 0. The number of nitrogens with zero attached hydrogens (tertiary/aromatic N) is 2. The number of alkyl halides is 3. The number of esters is 1. The molecule has 0 radical (unpaired) electrons. The number of ether oxygens (including phenoxy) is 1. The fourth-order valence-electron chi connectivity index (χ4n) is 0.760. The second-order valence-electron chi connectivity index (χ2n) is 2.38. The Labute approximate surface area is 90.6 Å². The van der Waals surface area contributed by atoms with E-state index in [-0.39, 0.29) is 5.69 Å². The van der Waals surface area contributed by atoms with Gasteiger partial charge < -0.3 is 4.74 Å². The van der Waals surface area contributed by atoms with E-state index in [0.717, 1.165) is 7.11 Å². The van der Waals surface area contributed by atoms with Crippen molar-refractivity contribution >= 4 is 21.9 Å². The van der Waals surface area contributed by atoms with Gasteiger partial charge in [0.1, 0.15) is 4.60 Å². The second kappa shape index (κ2) is 4.13. The highest BCUT2D eigenvalue weighted by Gasteiger charge is 2.36. The van der Waals surface area contributed by atoms with Crippen LogP contribution >= 0.6 is 15.9 Å². The van der Waals surface area contributed by atoms with Crippen LogP contribution in [0, 0.1) is 0 Å². The number of methoxy groups -OCH3 is 1. The SMILES string of the molecule is COC(=O)c1cnc(C(F)(F)F)c(Br)n1. The molecule has 0 saturated heterocycles. The van der Waals surface area contributed by atoms with Gasteiger partial charge in [-0.05, 0) is 15.9 Å². The molecule has 1 heterocycles. The predicted octanol–water partition coefficient (Wildman–Crippen LogP) is 2.04. The molecule has 0 N–H and O–H groups in total. The Morgan fingerprint density at radius 1 is 1.53 bits per heavy atom. The van der Waals surface area contributed by atoms with Crippen molar-refractivity contribution in [2.24, 2.45) is 0 Å². The van der Waals surface area contributed by atoms with Gasteiger partial charge in [-0.2, -0.15) is 13.2 Å². The molecular formula is C7H4BrF3N2O2. The van der Waals surface area contributed by atoms with Gasteiger partial charge in [-0.3, -0.25) is 0 Å². The van der Waals surface area contributed by atoms with Crippen LogP contribution in [0.15, 0.2) is 10.8 Å². The first-order chi connectivity index (χ1) is 6.86. The van der Waals surface area contributed by atoms with Crippen molar-refractivity contribution in [3.63, 3.8) is 0 Å². The third kappa shape index (κ3) is 2.65. The predicted molar refractivity (Wildman–Crippen MR) is 46.1 cm³/mol. The summed E-state index contributed by atoms with van der Waals surface area (Å²) >= 11 is 2.58. The molecule has 15 heavy (non-hydrogen) atoms. The summed E-state index contributed by atoms with van der Waals surface area (Å²) < 4.78 is 40.4. The van der Waals surface area contributed by atoms with E-state index in [0.29, 0.717) is 6.20 Å². The molecule has 0 aliphatic heterocycles. The van der Waals surface area contributed by atoms with Crippen LogP contribution in [0.25, 0.3) is 0 Å².